The lowest BCUT2D eigenvalue weighted by Gasteiger charge is -2.23. The smallest absolute Gasteiger partial charge is 0.303 e. The van der Waals surface area contributed by atoms with Gasteiger partial charge in [-0.1, -0.05) is 27.7 Å². The quantitative estimate of drug-likeness (QED) is 0.726. The predicted octanol–water partition coefficient (Wildman–Crippen LogP) is 2.15. The van der Waals surface area contributed by atoms with Gasteiger partial charge in [-0.2, -0.15) is 0 Å². The molecule has 0 radical (unpaired) electrons. The van der Waals surface area contributed by atoms with Crippen LogP contribution in [0.1, 0.15) is 47.0 Å². The number of nitrogens with zero attached hydrogens (tertiary/aromatic N) is 1. The molecule has 1 N–H and O–H groups in total. The fraction of sp³-hybridized carbons (Fsp3) is 0.800. The molecule has 1 aliphatic rings. The van der Waals surface area contributed by atoms with Crippen molar-refractivity contribution in [3.8, 4) is 0 Å². The molecule has 3 unspecified atom stereocenters. The fourth-order valence-electron chi connectivity index (χ4n) is 2.66. The molecule has 0 aromatic rings. The van der Waals surface area contributed by atoms with Gasteiger partial charge in [-0.05, 0) is 24.7 Å². The number of hydrogen-bond acceptors (Lipinski definition) is 3. The van der Waals surface area contributed by atoms with Crippen molar-refractivity contribution in [2.45, 2.75) is 47.0 Å². The second-order valence-electron chi connectivity index (χ2n) is 6.13. The van der Waals surface area contributed by atoms with Crippen LogP contribution in [-0.2, 0) is 14.4 Å². The van der Waals surface area contributed by atoms with Gasteiger partial charge in [0.25, 0.3) is 0 Å². The Morgan fingerprint density at radius 1 is 1.15 bits per heavy atom. The Balaban J connectivity index is 2.57. The minimum Gasteiger partial charge on any atom is -0.481 e. The van der Waals surface area contributed by atoms with Crippen LogP contribution in [0, 0.1) is 23.7 Å². The number of carboxylic acid groups (broad SMARTS) is 1. The van der Waals surface area contributed by atoms with E-state index in [0.29, 0.717) is 25.3 Å². The van der Waals surface area contributed by atoms with Gasteiger partial charge in [0.15, 0.2) is 0 Å². The van der Waals surface area contributed by atoms with Crippen molar-refractivity contribution in [2.75, 3.05) is 6.54 Å². The van der Waals surface area contributed by atoms with Gasteiger partial charge in [-0.3, -0.25) is 19.3 Å². The van der Waals surface area contributed by atoms with Crippen LogP contribution in [0.4, 0.5) is 0 Å². The first-order valence-corrected chi connectivity index (χ1v) is 7.32. The van der Waals surface area contributed by atoms with E-state index in [9.17, 15) is 14.4 Å². The Morgan fingerprint density at radius 3 is 2.05 bits per heavy atom. The predicted molar refractivity (Wildman–Crippen MR) is 74.9 cm³/mol. The lowest BCUT2D eigenvalue weighted by Crippen LogP contribution is -2.33. The molecule has 3 atom stereocenters. The first-order valence-electron chi connectivity index (χ1n) is 7.32. The zero-order valence-electron chi connectivity index (χ0n) is 12.8. The molecule has 20 heavy (non-hydrogen) atoms. The summed E-state index contributed by atoms with van der Waals surface area (Å²) in [6.07, 6.45) is 1.41. The van der Waals surface area contributed by atoms with Crippen LogP contribution < -0.4 is 0 Å². The van der Waals surface area contributed by atoms with Crippen molar-refractivity contribution >= 4 is 17.8 Å². The van der Waals surface area contributed by atoms with E-state index in [2.05, 4.69) is 0 Å². The van der Waals surface area contributed by atoms with Crippen LogP contribution >= 0.6 is 0 Å². The summed E-state index contributed by atoms with van der Waals surface area (Å²) < 4.78 is 0. The molecule has 5 nitrogen and oxygen atoms in total. The number of carboxylic acids is 1. The van der Waals surface area contributed by atoms with Gasteiger partial charge in [0.1, 0.15) is 0 Å². The molecule has 0 saturated carbocycles. The van der Waals surface area contributed by atoms with E-state index in [1.165, 1.54) is 4.90 Å². The van der Waals surface area contributed by atoms with Crippen LogP contribution in [-0.4, -0.2) is 34.3 Å². The molecule has 5 heteroatoms. The summed E-state index contributed by atoms with van der Waals surface area (Å²) in [4.78, 5) is 36.0. The highest BCUT2D eigenvalue weighted by Gasteiger charge is 2.41. The van der Waals surface area contributed by atoms with Gasteiger partial charge >= 0.3 is 5.97 Å². The van der Waals surface area contributed by atoms with Crippen LogP contribution in [0.5, 0.6) is 0 Å². The summed E-state index contributed by atoms with van der Waals surface area (Å²) in [5.74, 6) is -0.898. The maximum absolute atomic E-state index is 12.0. The number of aliphatic carboxylic acids is 1. The Labute approximate surface area is 120 Å². The maximum Gasteiger partial charge on any atom is 0.303 e. The molecule has 1 saturated heterocycles. The monoisotopic (exact) mass is 283 g/mol. The summed E-state index contributed by atoms with van der Waals surface area (Å²) in [7, 11) is 0. The molecule has 0 aromatic carbocycles. The first-order chi connectivity index (χ1) is 9.25. The highest BCUT2D eigenvalue weighted by Crippen LogP contribution is 2.28. The zero-order chi connectivity index (χ0) is 15.4. The number of carbonyl (C=O) groups excluding carboxylic acids is 2. The molecular weight excluding hydrogens is 258 g/mol. The lowest BCUT2D eigenvalue weighted by atomic mass is 9.88. The molecule has 1 fully saturated rings. The summed E-state index contributed by atoms with van der Waals surface area (Å²) in [6, 6.07) is 0. The summed E-state index contributed by atoms with van der Waals surface area (Å²) in [5.41, 5.74) is 0. The van der Waals surface area contributed by atoms with Gasteiger partial charge in [0, 0.05) is 24.8 Å². The number of imide groups is 1. The average Bonchev–Trinajstić information content (AvgIpc) is 2.54. The largest absolute Gasteiger partial charge is 0.481 e. The SMILES string of the molecule is CC(C)C(CCC(=O)O)CCN1C(=O)C(C)C(C)C1=O. The van der Waals surface area contributed by atoms with Gasteiger partial charge in [-0.25, -0.2) is 0 Å². The highest BCUT2D eigenvalue weighted by molar-refractivity contribution is 6.04. The van der Waals surface area contributed by atoms with Crippen LogP contribution in [0.2, 0.25) is 0 Å². The average molecular weight is 283 g/mol. The van der Waals surface area contributed by atoms with Crippen molar-refractivity contribution in [1.29, 1.82) is 0 Å². The molecule has 114 valence electrons. The molecule has 0 spiro atoms. The number of rotatable bonds is 7. The Bertz CT molecular complexity index is 371. The first kappa shape index (κ1) is 16.7. The second kappa shape index (κ2) is 6.86. The Hall–Kier alpha value is -1.39. The maximum atomic E-state index is 12.0. The van der Waals surface area contributed by atoms with Crippen LogP contribution in [0.3, 0.4) is 0 Å². The third-order valence-electron chi connectivity index (χ3n) is 4.46. The fourth-order valence-corrected chi connectivity index (χ4v) is 2.66. The summed E-state index contributed by atoms with van der Waals surface area (Å²) >= 11 is 0. The molecule has 1 heterocycles. The molecule has 0 bridgehead atoms. The van der Waals surface area contributed by atoms with E-state index >= 15 is 0 Å². The standard InChI is InChI=1S/C15H25NO4/c1-9(2)12(5-6-13(17)18)7-8-16-14(19)10(3)11(4)15(16)20/h9-12H,5-8H2,1-4H3,(H,17,18). The van der Waals surface area contributed by atoms with Crippen molar-refractivity contribution in [3.05, 3.63) is 0 Å². The highest BCUT2D eigenvalue weighted by atomic mass is 16.4. The van der Waals surface area contributed by atoms with Crippen molar-refractivity contribution < 1.29 is 19.5 Å². The molecular formula is C15H25NO4. The van der Waals surface area contributed by atoms with E-state index in [1.54, 1.807) is 13.8 Å². The third kappa shape index (κ3) is 3.81. The topological polar surface area (TPSA) is 74.7 Å². The van der Waals surface area contributed by atoms with Gasteiger partial charge < -0.3 is 5.11 Å². The summed E-state index contributed by atoms with van der Waals surface area (Å²) in [5, 5.41) is 8.76. The lowest BCUT2D eigenvalue weighted by molar-refractivity contribution is -0.141. The number of carbonyl (C=O) groups is 3. The zero-order valence-corrected chi connectivity index (χ0v) is 12.8. The second-order valence-corrected chi connectivity index (χ2v) is 6.13. The third-order valence-corrected chi connectivity index (χ3v) is 4.46. The molecule has 0 aliphatic carbocycles. The minimum atomic E-state index is -0.800. The number of amides is 2. The normalized spacial score (nSPS) is 24.6. The summed E-state index contributed by atoms with van der Waals surface area (Å²) in [6.45, 7) is 8.08. The van der Waals surface area contributed by atoms with E-state index in [4.69, 9.17) is 5.11 Å². The van der Waals surface area contributed by atoms with Gasteiger partial charge in [0.2, 0.25) is 11.8 Å². The van der Waals surface area contributed by atoms with Crippen LogP contribution in [0.15, 0.2) is 0 Å². The molecule has 1 aliphatic heterocycles. The van der Waals surface area contributed by atoms with Gasteiger partial charge in [-0.15, -0.1) is 0 Å². The van der Waals surface area contributed by atoms with Crippen molar-refractivity contribution in [1.82, 2.24) is 4.90 Å². The van der Waals surface area contributed by atoms with E-state index in [0.717, 1.165) is 0 Å². The van der Waals surface area contributed by atoms with Gasteiger partial charge in [0.05, 0.1) is 0 Å². The van der Waals surface area contributed by atoms with E-state index < -0.39 is 5.97 Å². The number of likely N-dealkylation sites (tertiary alicyclic amines) is 1. The Morgan fingerprint density at radius 2 is 1.65 bits per heavy atom. The minimum absolute atomic E-state index is 0.0942. The number of hydrogen-bond donors (Lipinski definition) is 1. The Kier molecular flexibility index (Phi) is 5.72. The van der Waals surface area contributed by atoms with E-state index in [1.807, 2.05) is 13.8 Å². The molecule has 1 rings (SSSR count). The van der Waals surface area contributed by atoms with Crippen LogP contribution in [0.25, 0.3) is 0 Å². The van der Waals surface area contributed by atoms with Crippen molar-refractivity contribution in [2.24, 2.45) is 23.7 Å². The molecule has 2 amide bonds. The molecule has 0 aromatic heterocycles. The van der Waals surface area contributed by atoms with Crippen molar-refractivity contribution in [3.63, 3.8) is 0 Å². The van der Waals surface area contributed by atoms with E-state index in [-0.39, 0.29) is 36.0 Å².